The first-order valence-electron chi connectivity index (χ1n) is 8.03. The maximum absolute atomic E-state index is 12.7. The second kappa shape index (κ2) is 7.00. The molecule has 1 unspecified atom stereocenters. The first kappa shape index (κ1) is 15.8. The van der Waals surface area contributed by atoms with E-state index in [0.29, 0.717) is 17.9 Å². The Labute approximate surface area is 135 Å². The zero-order valence-corrected chi connectivity index (χ0v) is 12.9. The Balaban J connectivity index is 1.74. The van der Waals surface area contributed by atoms with E-state index in [1.165, 1.54) is 17.7 Å². The monoisotopic (exact) mass is 319 g/mol. The number of nitrogens with zero attached hydrogens (tertiary/aromatic N) is 1. The van der Waals surface area contributed by atoms with Crippen LogP contribution in [0.15, 0.2) is 24.3 Å². The van der Waals surface area contributed by atoms with Gasteiger partial charge < -0.3 is 19.5 Å². The van der Waals surface area contributed by atoms with E-state index in [2.05, 4.69) is 0 Å². The summed E-state index contributed by atoms with van der Waals surface area (Å²) >= 11 is 0. The van der Waals surface area contributed by atoms with Crippen molar-refractivity contribution in [3.8, 4) is 5.75 Å². The molecule has 1 aliphatic carbocycles. The third-order valence-electron chi connectivity index (χ3n) is 4.36. The molecule has 0 spiro atoms. The van der Waals surface area contributed by atoms with Gasteiger partial charge in [-0.15, -0.1) is 0 Å². The lowest BCUT2D eigenvalue weighted by Crippen LogP contribution is -2.52. The van der Waals surface area contributed by atoms with Crippen molar-refractivity contribution in [3.63, 3.8) is 0 Å². The molecule has 3 rings (SSSR count). The minimum absolute atomic E-state index is 0.0271. The van der Waals surface area contributed by atoms with E-state index in [-0.39, 0.29) is 25.2 Å². The highest BCUT2D eigenvalue weighted by atomic mass is 16.5. The fourth-order valence-electron chi connectivity index (χ4n) is 3.12. The molecule has 1 aromatic rings. The largest absolute Gasteiger partial charge is 0.490 e. The van der Waals surface area contributed by atoms with Gasteiger partial charge in [-0.2, -0.15) is 0 Å². The lowest BCUT2D eigenvalue weighted by atomic mass is 10.1. The Morgan fingerprint density at radius 3 is 2.78 bits per heavy atom. The van der Waals surface area contributed by atoms with Crippen LogP contribution in [0.5, 0.6) is 5.75 Å². The highest BCUT2D eigenvalue weighted by Gasteiger charge is 2.33. The smallest absolute Gasteiger partial charge is 0.328 e. The molecule has 1 aromatic carbocycles. The van der Waals surface area contributed by atoms with E-state index in [1.54, 1.807) is 18.2 Å². The van der Waals surface area contributed by atoms with Crippen molar-refractivity contribution in [1.82, 2.24) is 4.90 Å². The van der Waals surface area contributed by atoms with Crippen molar-refractivity contribution in [2.75, 3.05) is 19.8 Å². The molecular weight excluding hydrogens is 298 g/mol. The van der Waals surface area contributed by atoms with Crippen LogP contribution in [0.25, 0.3) is 0 Å². The maximum Gasteiger partial charge on any atom is 0.328 e. The Morgan fingerprint density at radius 2 is 2.04 bits per heavy atom. The first-order valence-corrected chi connectivity index (χ1v) is 8.03. The molecule has 0 radical (unpaired) electrons. The number of hydrogen-bond donors (Lipinski definition) is 1. The lowest BCUT2D eigenvalue weighted by Gasteiger charge is -2.33. The van der Waals surface area contributed by atoms with Gasteiger partial charge in [-0.25, -0.2) is 4.79 Å². The lowest BCUT2D eigenvalue weighted by molar-refractivity contribution is -0.147. The van der Waals surface area contributed by atoms with Gasteiger partial charge >= 0.3 is 5.97 Å². The summed E-state index contributed by atoms with van der Waals surface area (Å²) in [5.74, 6) is -0.670. The molecule has 0 bridgehead atoms. The second-order valence-electron chi connectivity index (χ2n) is 5.98. The van der Waals surface area contributed by atoms with Crippen LogP contribution in [0.1, 0.15) is 36.0 Å². The van der Waals surface area contributed by atoms with Gasteiger partial charge in [0.2, 0.25) is 0 Å². The molecule has 1 saturated carbocycles. The number of aliphatic carboxylic acids is 1. The number of morpholine rings is 1. The topological polar surface area (TPSA) is 76.1 Å². The zero-order chi connectivity index (χ0) is 16.2. The van der Waals surface area contributed by atoms with Crippen LogP contribution in [0.3, 0.4) is 0 Å². The molecule has 6 heteroatoms. The van der Waals surface area contributed by atoms with Gasteiger partial charge in [0, 0.05) is 12.1 Å². The number of hydrogen-bond acceptors (Lipinski definition) is 4. The van der Waals surface area contributed by atoms with Crippen LogP contribution < -0.4 is 4.74 Å². The Bertz CT molecular complexity index is 582. The van der Waals surface area contributed by atoms with E-state index in [4.69, 9.17) is 9.47 Å². The molecular formula is C17H21NO5. The first-order chi connectivity index (χ1) is 11.1. The van der Waals surface area contributed by atoms with E-state index < -0.39 is 12.0 Å². The van der Waals surface area contributed by atoms with Crippen LogP contribution in [0, 0.1) is 0 Å². The quantitative estimate of drug-likeness (QED) is 0.918. The zero-order valence-electron chi connectivity index (χ0n) is 12.9. The number of ether oxygens (including phenoxy) is 2. The summed E-state index contributed by atoms with van der Waals surface area (Å²) in [6, 6.07) is 6.07. The summed E-state index contributed by atoms with van der Waals surface area (Å²) in [4.78, 5) is 25.3. The normalized spacial score (nSPS) is 22.1. The highest BCUT2D eigenvalue weighted by Crippen LogP contribution is 2.25. The predicted octanol–water partition coefficient (Wildman–Crippen LogP) is 1.93. The van der Waals surface area contributed by atoms with Crippen molar-refractivity contribution in [1.29, 1.82) is 0 Å². The molecule has 1 aliphatic heterocycles. The molecule has 1 saturated heterocycles. The minimum atomic E-state index is -1.04. The second-order valence-corrected chi connectivity index (χ2v) is 5.98. The highest BCUT2D eigenvalue weighted by molar-refractivity contribution is 5.97. The minimum Gasteiger partial charge on any atom is -0.490 e. The van der Waals surface area contributed by atoms with Gasteiger partial charge in [-0.3, -0.25) is 4.79 Å². The third-order valence-corrected chi connectivity index (χ3v) is 4.36. The average Bonchev–Trinajstić information content (AvgIpc) is 3.07. The van der Waals surface area contributed by atoms with E-state index >= 15 is 0 Å². The Morgan fingerprint density at radius 1 is 1.26 bits per heavy atom. The van der Waals surface area contributed by atoms with Crippen molar-refractivity contribution >= 4 is 11.9 Å². The summed E-state index contributed by atoms with van der Waals surface area (Å²) in [7, 11) is 0. The van der Waals surface area contributed by atoms with Crippen LogP contribution >= 0.6 is 0 Å². The standard InChI is InChI=1S/C17H21NO5/c19-16(18-8-9-22-11-15(18)17(20)21)12-4-3-7-14(10-12)23-13-5-1-2-6-13/h3-4,7,10,13,15H,1-2,5-6,8-9,11H2,(H,20,21). The maximum atomic E-state index is 12.7. The molecule has 1 amide bonds. The Kier molecular flexibility index (Phi) is 4.81. The van der Waals surface area contributed by atoms with Crippen molar-refractivity contribution < 1.29 is 24.2 Å². The fraction of sp³-hybridized carbons (Fsp3) is 0.529. The fourth-order valence-corrected chi connectivity index (χ4v) is 3.12. The van der Waals surface area contributed by atoms with Crippen molar-refractivity contribution in [2.24, 2.45) is 0 Å². The number of benzene rings is 1. The SMILES string of the molecule is O=C(O)C1COCCN1C(=O)c1cccc(OC2CCCC2)c1. The van der Waals surface area contributed by atoms with Crippen LogP contribution in [-0.4, -0.2) is 53.8 Å². The Hall–Kier alpha value is -2.08. The summed E-state index contributed by atoms with van der Waals surface area (Å²) in [6.07, 6.45) is 4.66. The number of amides is 1. The number of carbonyl (C=O) groups is 2. The molecule has 1 N–H and O–H groups in total. The third kappa shape index (κ3) is 3.64. The molecule has 2 fully saturated rings. The summed E-state index contributed by atoms with van der Waals surface area (Å²) in [5, 5.41) is 9.25. The van der Waals surface area contributed by atoms with Crippen molar-refractivity contribution in [2.45, 2.75) is 37.8 Å². The van der Waals surface area contributed by atoms with E-state index in [1.807, 2.05) is 6.07 Å². The molecule has 0 aromatic heterocycles. The number of carboxylic acid groups (broad SMARTS) is 1. The van der Waals surface area contributed by atoms with E-state index in [9.17, 15) is 14.7 Å². The molecule has 124 valence electrons. The van der Waals surface area contributed by atoms with Gasteiger partial charge in [0.05, 0.1) is 19.3 Å². The number of carbonyl (C=O) groups excluding carboxylic acids is 1. The molecule has 1 heterocycles. The van der Waals surface area contributed by atoms with Gasteiger partial charge in [0.15, 0.2) is 6.04 Å². The average molecular weight is 319 g/mol. The predicted molar refractivity (Wildman–Crippen MR) is 82.6 cm³/mol. The van der Waals surface area contributed by atoms with Crippen LogP contribution in [0.4, 0.5) is 0 Å². The summed E-state index contributed by atoms with van der Waals surface area (Å²) in [6.45, 7) is 0.663. The van der Waals surface area contributed by atoms with Gasteiger partial charge in [-0.1, -0.05) is 6.07 Å². The van der Waals surface area contributed by atoms with E-state index in [0.717, 1.165) is 12.8 Å². The summed E-state index contributed by atoms with van der Waals surface area (Å²) < 4.78 is 11.1. The van der Waals surface area contributed by atoms with Gasteiger partial charge in [-0.05, 0) is 43.9 Å². The van der Waals surface area contributed by atoms with Crippen LogP contribution in [0.2, 0.25) is 0 Å². The van der Waals surface area contributed by atoms with Crippen molar-refractivity contribution in [3.05, 3.63) is 29.8 Å². The number of carboxylic acids is 1. The summed E-state index contributed by atoms with van der Waals surface area (Å²) in [5.41, 5.74) is 0.452. The molecule has 6 nitrogen and oxygen atoms in total. The van der Waals surface area contributed by atoms with Gasteiger partial charge in [0.25, 0.3) is 5.91 Å². The van der Waals surface area contributed by atoms with Gasteiger partial charge in [0.1, 0.15) is 5.75 Å². The molecule has 2 aliphatic rings. The number of rotatable bonds is 4. The molecule has 23 heavy (non-hydrogen) atoms. The van der Waals surface area contributed by atoms with Crippen LogP contribution in [-0.2, 0) is 9.53 Å². The molecule has 1 atom stereocenters.